The van der Waals surface area contributed by atoms with Gasteiger partial charge in [-0.15, -0.1) is 0 Å². The molecule has 23 heavy (non-hydrogen) atoms. The van der Waals surface area contributed by atoms with Gasteiger partial charge in [-0.3, -0.25) is 9.59 Å². The molecule has 6 heteroatoms. The average Bonchev–Trinajstić information content (AvgIpc) is 2.56. The van der Waals surface area contributed by atoms with Crippen molar-refractivity contribution in [3.63, 3.8) is 0 Å². The maximum atomic E-state index is 11.9. The molecule has 2 aromatic rings. The van der Waals surface area contributed by atoms with E-state index in [2.05, 4.69) is 10.6 Å². The van der Waals surface area contributed by atoms with Crippen LogP contribution in [-0.2, 0) is 9.59 Å². The predicted octanol–water partition coefficient (Wildman–Crippen LogP) is 2.59. The van der Waals surface area contributed by atoms with E-state index in [1.54, 1.807) is 30.3 Å². The van der Waals surface area contributed by atoms with Gasteiger partial charge >= 0.3 is 11.8 Å². The number of carbonyl (C=O) groups is 2. The maximum absolute atomic E-state index is 11.9. The highest BCUT2D eigenvalue weighted by molar-refractivity contribution is 6.43. The van der Waals surface area contributed by atoms with Crippen molar-refractivity contribution in [2.24, 2.45) is 0 Å². The van der Waals surface area contributed by atoms with Gasteiger partial charge in [-0.1, -0.05) is 17.7 Å². The molecular weight excluding hydrogens is 296 g/mol. The third kappa shape index (κ3) is 4.23. The predicted molar refractivity (Wildman–Crippen MR) is 88.0 cm³/mol. The Hall–Kier alpha value is -3.02. The molecule has 2 rings (SSSR count). The van der Waals surface area contributed by atoms with Crippen LogP contribution in [0.1, 0.15) is 5.56 Å². The molecule has 2 N–H and O–H groups in total. The van der Waals surface area contributed by atoms with Crippen molar-refractivity contribution in [2.75, 3.05) is 24.9 Å². The molecule has 0 fully saturated rings. The summed E-state index contributed by atoms with van der Waals surface area (Å²) >= 11 is 0. The summed E-state index contributed by atoms with van der Waals surface area (Å²) in [5.74, 6) is -0.514. The van der Waals surface area contributed by atoms with E-state index in [9.17, 15) is 9.59 Å². The number of methoxy groups -OCH3 is 2. The fourth-order valence-electron chi connectivity index (χ4n) is 1.93. The van der Waals surface area contributed by atoms with Gasteiger partial charge in [0.1, 0.15) is 0 Å². The van der Waals surface area contributed by atoms with Crippen LogP contribution in [0.2, 0.25) is 0 Å². The Morgan fingerprint density at radius 1 is 0.783 bits per heavy atom. The van der Waals surface area contributed by atoms with Gasteiger partial charge in [0.25, 0.3) is 0 Å². The minimum atomic E-state index is -0.766. The number of hydrogen-bond donors (Lipinski definition) is 2. The van der Waals surface area contributed by atoms with Gasteiger partial charge in [0.2, 0.25) is 0 Å². The minimum absolute atomic E-state index is 0.437. The molecule has 0 unspecified atom stereocenters. The molecule has 2 aromatic carbocycles. The minimum Gasteiger partial charge on any atom is -0.493 e. The van der Waals surface area contributed by atoms with Crippen molar-refractivity contribution in [3.8, 4) is 11.5 Å². The molecule has 6 nitrogen and oxygen atoms in total. The van der Waals surface area contributed by atoms with Crippen LogP contribution in [0.15, 0.2) is 42.5 Å². The lowest BCUT2D eigenvalue weighted by Crippen LogP contribution is -2.29. The SMILES string of the molecule is COc1ccc(NC(=O)C(=O)Nc2ccc(C)cc2)cc1OC. The maximum Gasteiger partial charge on any atom is 0.314 e. The lowest BCUT2D eigenvalue weighted by Gasteiger charge is -2.10. The van der Waals surface area contributed by atoms with Crippen molar-refractivity contribution in [3.05, 3.63) is 48.0 Å². The zero-order valence-corrected chi connectivity index (χ0v) is 13.2. The summed E-state index contributed by atoms with van der Waals surface area (Å²) < 4.78 is 10.3. The Bertz CT molecular complexity index is 711. The fraction of sp³-hybridized carbons (Fsp3) is 0.176. The fourth-order valence-corrected chi connectivity index (χ4v) is 1.93. The molecule has 0 aromatic heterocycles. The van der Waals surface area contributed by atoms with E-state index in [1.807, 2.05) is 19.1 Å². The van der Waals surface area contributed by atoms with E-state index >= 15 is 0 Å². The molecule has 0 aliphatic carbocycles. The highest BCUT2D eigenvalue weighted by atomic mass is 16.5. The summed E-state index contributed by atoms with van der Waals surface area (Å²) in [6, 6.07) is 12.0. The number of carbonyl (C=O) groups excluding carboxylic acids is 2. The standard InChI is InChI=1S/C17H18N2O4/c1-11-4-6-12(7-5-11)18-16(20)17(21)19-13-8-9-14(22-2)15(10-13)23-3/h4-10H,1-3H3,(H,18,20)(H,19,21). The molecule has 0 saturated carbocycles. The first kappa shape index (κ1) is 16.4. The first-order chi connectivity index (χ1) is 11.0. The van der Waals surface area contributed by atoms with Gasteiger partial charge in [-0.05, 0) is 31.2 Å². The van der Waals surface area contributed by atoms with Crippen molar-refractivity contribution >= 4 is 23.2 Å². The van der Waals surface area contributed by atoms with E-state index in [1.165, 1.54) is 14.2 Å². The largest absolute Gasteiger partial charge is 0.493 e. The van der Waals surface area contributed by atoms with Crippen LogP contribution in [0.3, 0.4) is 0 Å². The zero-order valence-electron chi connectivity index (χ0n) is 13.2. The van der Waals surface area contributed by atoms with Crippen LogP contribution in [-0.4, -0.2) is 26.0 Å². The van der Waals surface area contributed by atoms with Gasteiger partial charge in [-0.25, -0.2) is 0 Å². The average molecular weight is 314 g/mol. The number of rotatable bonds is 4. The number of anilines is 2. The molecule has 0 spiro atoms. The van der Waals surface area contributed by atoms with Crippen LogP contribution in [0, 0.1) is 6.92 Å². The molecule has 0 heterocycles. The van der Waals surface area contributed by atoms with Gasteiger partial charge in [0.05, 0.1) is 14.2 Å². The summed E-state index contributed by atoms with van der Waals surface area (Å²) in [6.07, 6.45) is 0. The monoisotopic (exact) mass is 314 g/mol. The summed E-state index contributed by atoms with van der Waals surface area (Å²) in [6.45, 7) is 1.94. The molecular formula is C17H18N2O4. The quantitative estimate of drug-likeness (QED) is 0.851. The van der Waals surface area contributed by atoms with Gasteiger partial charge in [0.15, 0.2) is 11.5 Å². The molecule has 0 radical (unpaired) electrons. The van der Waals surface area contributed by atoms with Crippen molar-refractivity contribution in [1.82, 2.24) is 0 Å². The van der Waals surface area contributed by atoms with E-state index in [0.717, 1.165) is 5.56 Å². The smallest absolute Gasteiger partial charge is 0.314 e. The lowest BCUT2D eigenvalue weighted by molar-refractivity contribution is -0.132. The Morgan fingerprint density at radius 2 is 1.30 bits per heavy atom. The first-order valence-electron chi connectivity index (χ1n) is 6.94. The topological polar surface area (TPSA) is 76.7 Å². The number of hydrogen-bond acceptors (Lipinski definition) is 4. The number of aryl methyl sites for hydroxylation is 1. The van der Waals surface area contributed by atoms with E-state index < -0.39 is 11.8 Å². The Balaban J connectivity index is 2.03. The normalized spacial score (nSPS) is 9.87. The molecule has 0 aliphatic heterocycles. The van der Waals surface area contributed by atoms with E-state index in [4.69, 9.17) is 9.47 Å². The number of ether oxygens (including phenoxy) is 2. The van der Waals surface area contributed by atoms with E-state index in [-0.39, 0.29) is 0 Å². The lowest BCUT2D eigenvalue weighted by atomic mass is 10.2. The van der Waals surface area contributed by atoms with Gasteiger partial charge in [0, 0.05) is 17.4 Å². The van der Waals surface area contributed by atoms with Crippen LogP contribution >= 0.6 is 0 Å². The second-order valence-corrected chi connectivity index (χ2v) is 4.84. The summed E-state index contributed by atoms with van der Waals surface area (Å²) in [5.41, 5.74) is 2.06. The number of amides is 2. The van der Waals surface area contributed by atoms with Gasteiger partial charge < -0.3 is 20.1 Å². The third-order valence-corrected chi connectivity index (χ3v) is 3.16. The van der Waals surface area contributed by atoms with Crippen LogP contribution in [0.5, 0.6) is 11.5 Å². The van der Waals surface area contributed by atoms with Gasteiger partial charge in [-0.2, -0.15) is 0 Å². The van der Waals surface area contributed by atoms with Crippen LogP contribution in [0.4, 0.5) is 11.4 Å². The van der Waals surface area contributed by atoms with Crippen LogP contribution in [0.25, 0.3) is 0 Å². The second kappa shape index (κ2) is 7.31. The Morgan fingerprint density at radius 3 is 1.87 bits per heavy atom. The second-order valence-electron chi connectivity index (χ2n) is 4.84. The third-order valence-electron chi connectivity index (χ3n) is 3.16. The highest BCUT2D eigenvalue weighted by Gasteiger charge is 2.15. The summed E-state index contributed by atoms with van der Waals surface area (Å²) in [4.78, 5) is 23.8. The highest BCUT2D eigenvalue weighted by Crippen LogP contribution is 2.29. The summed E-state index contributed by atoms with van der Waals surface area (Å²) in [5, 5.41) is 5.05. The van der Waals surface area contributed by atoms with Crippen molar-refractivity contribution < 1.29 is 19.1 Å². The number of benzene rings is 2. The summed E-state index contributed by atoms with van der Waals surface area (Å²) in [7, 11) is 3.01. The molecule has 0 saturated heterocycles. The first-order valence-corrected chi connectivity index (χ1v) is 6.94. The Kier molecular flexibility index (Phi) is 5.19. The molecule has 0 aliphatic rings. The molecule has 0 atom stereocenters. The zero-order chi connectivity index (χ0) is 16.8. The van der Waals surface area contributed by atoms with Crippen molar-refractivity contribution in [1.29, 1.82) is 0 Å². The molecule has 120 valence electrons. The molecule has 2 amide bonds. The van der Waals surface area contributed by atoms with E-state index in [0.29, 0.717) is 22.9 Å². The van der Waals surface area contributed by atoms with Crippen LogP contribution < -0.4 is 20.1 Å². The number of nitrogens with one attached hydrogen (secondary N) is 2. The Labute approximate surface area is 134 Å². The van der Waals surface area contributed by atoms with Crippen molar-refractivity contribution in [2.45, 2.75) is 6.92 Å². The molecule has 0 bridgehead atoms.